The van der Waals surface area contributed by atoms with E-state index in [0.29, 0.717) is 17.4 Å². The van der Waals surface area contributed by atoms with Crippen molar-refractivity contribution in [3.8, 4) is 11.4 Å². The van der Waals surface area contributed by atoms with Gasteiger partial charge in [0.25, 0.3) is 0 Å². The fourth-order valence-electron chi connectivity index (χ4n) is 4.77. The number of hydrogen-bond donors (Lipinski definition) is 2. The predicted octanol–water partition coefficient (Wildman–Crippen LogP) is 4.18. The molecule has 2 N–H and O–H groups in total. The molecule has 2 aromatic carbocycles. The quantitative estimate of drug-likeness (QED) is 0.506. The van der Waals surface area contributed by atoms with Gasteiger partial charge in [0, 0.05) is 37.4 Å². The Bertz CT molecular complexity index is 1130. The van der Waals surface area contributed by atoms with E-state index < -0.39 is 0 Å². The highest BCUT2D eigenvalue weighted by atomic mass is 19.1. The molecule has 4 rings (SSSR count). The number of halogens is 1. The van der Waals surface area contributed by atoms with Crippen LogP contribution in [0.1, 0.15) is 37.3 Å². The molecule has 0 bridgehead atoms. The second-order valence-corrected chi connectivity index (χ2v) is 9.64. The minimum atomic E-state index is -0.224. The number of benzene rings is 2. The number of likely N-dealkylation sites (tertiary alicyclic amines) is 1. The van der Waals surface area contributed by atoms with Gasteiger partial charge in [0.2, 0.25) is 0 Å². The lowest BCUT2D eigenvalue weighted by Gasteiger charge is -2.33. The van der Waals surface area contributed by atoms with E-state index >= 15 is 0 Å². The van der Waals surface area contributed by atoms with Gasteiger partial charge in [-0.1, -0.05) is 12.1 Å². The normalized spacial score (nSPS) is 17.2. The third-order valence-corrected chi connectivity index (χ3v) is 6.51. The zero-order chi connectivity index (χ0) is 24.8. The van der Waals surface area contributed by atoms with E-state index in [1.807, 2.05) is 44.2 Å². The molecule has 186 valence electrons. The van der Waals surface area contributed by atoms with Crippen LogP contribution in [0.2, 0.25) is 0 Å². The van der Waals surface area contributed by atoms with Gasteiger partial charge in [-0.15, -0.1) is 5.10 Å². The van der Waals surface area contributed by atoms with Gasteiger partial charge in [-0.25, -0.2) is 13.9 Å². The number of amides is 2. The molecule has 1 aromatic heterocycles. The highest BCUT2D eigenvalue weighted by molar-refractivity contribution is 5.90. The lowest BCUT2D eigenvalue weighted by atomic mass is 9.91. The van der Waals surface area contributed by atoms with Crippen molar-refractivity contribution in [3.05, 3.63) is 59.4 Å². The molecule has 1 aliphatic rings. The number of piperidine rings is 1. The lowest BCUT2D eigenvalue weighted by molar-refractivity contribution is 0.168. The van der Waals surface area contributed by atoms with Crippen LogP contribution in [0.25, 0.3) is 11.4 Å². The average Bonchev–Trinajstić information content (AvgIpc) is 3.25. The maximum Gasteiger partial charge on any atom is 0.319 e. The lowest BCUT2D eigenvalue weighted by Crippen LogP contribution is -2.41. The third-order valence-electron chi connectivity index (χ3n) is 6.51. The largest absolute Gasteiger partial charge is 0.335 e. The van der Waals surface area contributed by atoms with Crippen molar-refractivity contribution in [1.29, 1.82) is 0 Å². The topological polar surface area (TPSA) is 88.0 Å². The summed E-state index contributed by atoms with van der Waals surface area (Å²) in [5.41, 5.74) is 3.75. The number of tetrazole rings is 1. The van der Waals surface area contributed by atoms with Crippen LogP contribution in [0.5, 0.6) is 0 Å². The minimum Gasteiger partial charge on any atom is -0.335 e. The summed E-state index contributed by atoms with van der Waals surface area (Å²) in [5, 5.41) is 17.6. The van der Waals surface area contributed by atoms with Crippen LogP contribution < -0.4 is 10.6 Å². The number of carbonyl (C=O) groups excluding carboxylic acids is 1. The number of nitrogens with one attached hydrogen (secondary N) is 2. The number of hydrogen-bond acceptors (Lipinski definition) is 5. The van der Waals surface area contributed by atoms with Gasteiger partial charge < -0.3 is 15.5 Å². The predicted molar refractivity (Wildman–Crippen MR) is 134 cm³/mol. The number of aromatic nitrogens is 4. The molecule has 3 aromatic rings. The minimum absolute atomic E-state index is 0.0414. The van der Waals surface area contributed by atoms with Crippen molar-refractivity contribution in [3.63, 3.8) is 0 Å². The van der Waals surface area contributed by atoms with Crippen molar-refractivity contribution >= 4 is 11.7 Å². The Morgan fingerprint density at radius 1 is 1.23 bits per heavy atom. The molecule has 2 atom stereocenters. The summed E-state index contributed by atoms with van der Waals surface area (Å²) in [7, 11) is 1.78. The standard InChI is InChI=1S/C26H34FN7O/c1-18-13-22(25-30-31-32-33(25)3)16-24(14-18)29-26(35)28-19(2)10-12-34-11-4-5-21(17-34)15-20-6-8-23(27)9-7-20/h6-9,13-14,16,19,21H,4-5,10-12,15,17H2,1-3H3,(H2,28,29,35)/t19-,21+/m1/s1. The first kappa shape index (κ1) is 24.8. The fraction of sp³-hybridized carbons (Fsp3) is 0.462. The van der Waals surface area contributed by atoms with Crippen LogP contribution >= 0.6 is 0 Å². The van der Waals surface area contributed by atoms with Gasteiger partial charge in [0.05, 0.1) is 0 Å². The number of nitrogens with zero attached hydrogens (tertiary/aromatic N) is 5. The number of anilines is 1. The molecule has 9 heteroatoms. The molecule has 1 aliphatic heterocycles. The zero-order valence-corrected chi connectivity index (χ0v) is 20.7. The summed E-state index contributed by atoms with van der Waals surface area (Å²) < 4.78 is 14.8. The number of carbonyl (C=O) groups is 1. The highest BCUT2D eigenvalue weighted by Gasteiger charge is 2.21. The van der Waals surface area contributed by atoms with Gasteiger partial charge in [-0.05, 0) is 104 Å². The van der Waals surface area contributed by atoms with E-state index in [2.05, 4.69) is 31.1 Å². The molecule has 8 nitrogen and oxygen atoms in total. The van der Waals surface area contributed by atoms with Gasteiger partial charge >= 0.3 is 6.03 Å². The van der Waals surface area contributed by atoms with Crippen LogP contribution in [0.3, 0.4) is 0 Å². The Hall–Kier alpha value is -3.33. The summed E-state index contributed by atoms with van der Waals surface area (Å²) >= 11 is 0. The Kier molecular flexibility index (Phi) is 8.07. The summed E-state index contributed by atoms with van der Waals surface area (Å²) in [6, 6.07) is 12.5. The number of urea groups is 1. The molecule has 0 radical (unpaired) electrons. The maximum absolute atomic E-state index is 13.2. The summed E-state index contributed by atoms with van der Waals surface area (Å²) in [5.74, 6) is 1.04. The van der Waals surface area contributed by atoms with Crippen molar-refractivity contribution < 1.29 is 9.18 Å². The SMILES string of the molecule is Cc1cc(NC(=O)N[C@H](C)CCN2CCC[C@@H](Cc3ccc(F)cc3)C2)cc(-c2nnnn2C)c1. The Morgan fingerprint density at radius 2 is 2.03 bits per heavy atom. The Balaban J connectivity index is 1.24. The van der Waals surface area contributed by atoms with Gasteiger partial charge in [0.1, 0.15) is 5.82 Å². The molecular weight excluding hydrogens is 445 g/mol. The smallest absolute Gasteiger partial charge is 0.319 e. The first-order valence-electron chi connectivity index (χ1n) is 12.2. The molecule has 2 amide bonds. The Morgan fingerprint density at radius 3 is 2.77 bits per heavy atom. The highest BCUT2D eigenvalue weighted by Crippen LogP contribution is 2.23. The van der Waals surface area contributed by atoms with Crippen molar-refractivity contribution in [2.75, 3.05) is 25.0 Å². The van der Waals surface area contributed by atoms with Crippen LogP contribution in [0.4, 0.5) is 14.9 Å². The molecule has 0 saturated carbocycles. The van der Waals surface area contributed by atoms with Crippen molar-refractivity contribution in [2.45, 2.75) is 45.6 Å². The van der Waals surface area contributed by atoms with E-state index in [9.17, 15) is 9.18 Å². The first-order chi connectivity index (χ1) is 16.9. The molecule has 0 unspecified atom stereocenters. The Labute approximate surface area is 205 Å². The van der Waals surface area contributed by atoms with Gasteiger partial charge in [0.15, 0.2) is 5.82 Å². The molecule has 0 aliphatic carbocycles. The fourth-order valence-corrected chi connectivity index (χ4v) is 4.77. The second kappa shape index (κ2) is 11.4. The summed E-state index contributed by atoms with van der Waals surface area (Å²) in [4.78, 5) is 15.1. The van der Waals surface area contributed by atoms with Crippen LogP contribution in [0.15, 0.2) is 42.5 Å². The van der Waals surface area contributed by atoms with Crippen LogP contribution in [-0.2, 0) is 13.5 Å². The number of rotatable bonds is 8. The van der Waals surface area contributed by atoms with Gasteiger partial charge in [-0.3, -0.25) is 0 Å². The zero-order valence-electron chi connectivity index (χ0n) is 20.7. The van der Waals surface area contributed by atoms with Crippen molar-refractivity contribution in [1.82, 2.24) is 30.4 Å². The average molecular weight is 480 g/mol. The van der Waals surface area contributed by atoms with Gasteiger partial charge in [-0.2, -0.15) is 0 Å². The van der Waals surface area contributed by atoms with Crippen LogP contribution in [-0.4, -0.2) is 56.8 Å². The summed E-state index contributed by atoms with van der Waals surface area (Å²) in [6.07, 6.45) is 4.23. The van der Waals surface area contributed by atoms with E-state index in [1.54, 1.807) is 23.9 Å². The van der Waals surface area contributed by atoms with E-state index in [-0.39, 0.29) is 17.9 Å². The van der Waals surface area contributed by atoms with Crippen LogP contribution in [0, 0.1) is 18.7 Å². The van der Waals surface area contributed by atoms with Crippen molar-refractivity contribution in [2.24, 2.45) is 13.0 Å². The number of aryl methyl sites for hydroxylation is 2. The molecule has 35 heavy (non-hydrogen) atoms. The summed E-state index contributed by atoms with van der Waals surface area (Å²) in [6.45, 7) is 7.07. The molecule has 0 spiro atoms. The maximum atomic E-state index is 13.2. The monoisotopic (exact) mass is 479 g/mol. The van der Waals surface area contributed by atoms with E-state index in [4.69, 9.17) is 0 Å². The molecule has 1 fully saturated rings. The first-order valence-corrected chi connectivity index (χ1v) is 12.2. The third kappa shape index (κ3) is 7.08. The van der Waals surface area contributed by atoms with E-state index in [1.165, 1.54) is 18.4 Å². The van der Waals surface area contributed by atoms with E-state index in [0.717, 1.165) is 43.6 Å². The second-order valence-electron chi connectivity index (χ2n) is 9.64. The molecule has 1 saturated heterocycles. The molecular formula is C26H34FN7O. The molecule has 2 heterocycles.